The van der Waals surface area contributed by atoms with Crippen LogP contribution in [0.2, 0.25) is 0 Å². The number of likely N-dealkylation sites (tertiary alicyclic amines) is 2. The lowest BCUT2D eigenvalue weighted by Crippen LogP contribution is -2.49. The maximum Gasteiger partial charge on any atom is 0.247 e. The molecule has 8 rings (SSSR count). The molecule has 0 radical (unpaired) electrons. The summed E-state index contributed by atoms with van der Waals surface area (Å²) in [5.41, 5.74) is 7.34. The van der Waals surface area contributed by atoms with Gasteiger partial charge in [-0.25, -0.2) is 0 Å². The SMILES string of the molecule is CN1CCc2ccccc2[C@@H]1C(=O)N1CCCC1C(=O)Nc1ccc(C#Cc2ccc(NC(=O)C3CCCN3C(=O)[C@H]3c4ccccc4CCN3C)cc2)cc1. The van der Waals surface area contributed by atoms with Crippen LogP contribution in [0, 0.1) is 11.8 Å². The van der Waals surface area contributed by atoms with Gasteiger partial charge in [0.15, 0.2) is 0 Å². The van der Waals surface area contributed by atoms with E-state index in [1.807, 2.05) is 99.0 Å². The summed E-state index contributed by atoms with van der Waals surface area (Å²) in [6.45, 7) is 2.74. The average molecular weight is 749 g/mol. The summed E-state index contributed by atoms with van der Waals surface area (Å²) in [7, 11) is 3.96. The Kier molecular flexibility index (Phi) is 10.7. The average Bonchev–Trinajstić information content (AvgIpc) is 3.92. The number of carbonyl (C=O) groups is 4. The van der Waals surface area contributed by atoms with Gasteiger partial charge in [-0.3, -0.25) is 29.0 Å². The molecule has 10 heteroatoms. The standard InChI is InChI=1S/C46H48N6O4/c1-49-29-25-33-9-3-5-11-37(33)41(49)45(55)51-27-7-13-39(51)43(53)47-35-21-17-31(18-22-35)15-16-32-19-23-36(24-20-32)48-44(54)40-14-8-28-52(40)46(56)42-38-12-6-4-10-34(38)26-30-50(42)2/h3-6,9-12,17-24,39-42H,7-8,13-14,25-30H2,1-2H3,(H,47,53)(H,48,54)/t39?,40?,41-,42-/m1/s1. The zero-order valence-corrected chi connectivity index (χ0v) is 32.0. The highest BCUT2D eigenvalue weighted by Crippen LogP contribution is 2.34. The summed E-state index contributed by atoms with van der Waals surface area (Å²) in [6.07, 6.45) is 4.66. The smallest absolute Gasteiger partial charge is 0.247 e. The van der Waals surface area contributed by atoms with E-state index in [0.29, 0.717) is 37.3 Å². The number of hydrogen-bond donors (Lipinski definition) is 2. The number of carbonyl (C=O) groups excluding carboxylic acids is 4. The molecule has 0 bridgehead atoms. The van der Waals surface area contributed by atoms with Gasteiger partial charge in [-0.15, -0.1) is 0 Å². The van der Waals surface area contributed by atoms with Crippen molar-refractivity contribution in [3.63, 3.8) is 0 Å². The first-order valence-electron chi connectivity index (χ1n) is 19.8. The van der Waals surface area contributed by atoms with Gasteiger partial charge in [0.2, 0.25) is 23.6 Å². The van der Waals surface area contributed by atoms with Crippen LogP contribution in [0.3, 0.4) is 0 Å². The molecule has 0 saturated carbocycles. The van der Waals surface area contributed by atoms with Gasteiger partial charge in [0.1, 0.15) is 24.2 Å². The number of likely N-dealkylation sites (N-methyl/N-ethyl adjacent to an activating group) is 2. The minimum absolute atomic E-state index is 0.0138. The van der Waals surface area contributed by atoms with E-state index in [1.54, 1.807) is 9.80 Å². The molecule has 56 heavy (non-hydrogen) atoms. The van der Waals surface area contributed by atoms with Crippen molar-refractivity contribution in [2.75, 3.05) is 50.9 Å². The Bertz CT molecular complexity index is 2040. The second-order valence-corrected chi connectivity index (χ2v) is 15.4. The van der Waals surface area contributed by atoms with Crippen LogP contribution in [0.5, 0.6) is 0 Å². The van der Waals surface area contributed by atoms with E-state index in [4.69, 9.17) is 0 Å². The molecule has 2 saturated heterocycles. The van der Waals surface area contributed by atoms with Gasteiger partial charge in [0.05, 0.1) is 0 Å². The Morgan fingerprint density at radius 1 is 0.536 bits per heavy atom. The Balaban J connectivity index is 0.856. The second-order valence-electron chi connectivity index (χ2n) is 15.4. The topological polar surface area (TPSA) is 105 Å². The van der Waals surface area contributed by atoms with E-state index in [2.05, 4.69) is 44.4 Å². The van der Waals surface area contributed by atoms with Crippen LogP contribution in [0.4, 0.5) is 11.4 Å². The highest BCUT2D eigenvalue weighted by molar-refractivity contribution is 5.99. The Morgan fingerprint density at radius 2 is 0.929 bits per heavy atom. The van der Waals surface area contributed by atoms with Gasteiger partial charge in [-0.1, -0.05) is 60.4 Å². The molecule has 4 amide bonds. The van der Waals surface area contributed by atoms with Crippen molar-refractivity contribution in [2.24, 2.45) is 0 Å². The predicted molar refractivity (Wildman–Crippen MR) is 217 cm³/mol. The van der Waals surface area contributed by atoms with Crippen LogP contribution in [-0.4, -0.2) is 95.6 Å². The predicted octanol–water partition coefficient (Wildman–Crippen LogP) is 5.40. The van der Waals surface area contributed by atoms with Crippen LogP contribution in [0.15, 0.2) is 97.1 Å². The Labute approximate surface area is 328 Å². The van der Waals surface area contributed by atoms with Gasteiger partial charge >= 0.3 is 0 Å². The van der Waals surface area contributed by atoms with E-state index < -0.39 is 12.1 Å². The molecule has 4 aliphatic heterocycles. The molecule has 0 spiro atoms. The first kappa shape index (κ1) is 37.2. The lowest BCUT2D eigenvalue weighted by atomic mass is 9.92. The normalized spacial score (nSPS) is 22.0. The van der Waals surface area contributed by atoms with Crippen molar-refractivity contribution in [3.05, 3.63) is 130 Å². The number of nitrogens with one attached hydrogen (secondary N) is 2. The molecule has 4 aromatic rings. The van der Waals surface area contributed by atoms with Gasteiger partial charge in [0.25, 0.3) is 0 Å². The largest absolute Gasteiger partial charge is 0.329 e. The lowest BCUT2D eigenvalue weighted by molar-refractivity contribution is -0.141. The molecule has 0 aromatic heterocycles. The summed E-state index contributed by atoms with van der Waals surface area (Å²) < 4.78 is 0. The molecule has 4 heterocycles. The number of benzene rings is 4. The van der Waals surface area contributed by atoms with Crippen molar-refractivity contribution in [1.82, 2.24) is 19.6 Å². The highest BCUT2D eigenvalue weighted by atomic mass is 16.2. The maximum absolute atomic E-state index is 13.9. The van der Waals surface area contributed by atoms with E-state index >= 15 is 0 Å². The van der Waals surface area contributed by atoms with Crippen LogP contribution < -0.4 is 10.6 Å². The Hall–Kier alpha value is -5.76. The summed E-state index contributed by atoms with van der Waals surface area (Å²) in [5, 5.41) is 6.05. The van der Waals surface area contributed by atoms with E-state index in [-0.39, 0.29) is 35.7 Å². The van der Waals surface area contributed by atoms with Crippen molar-refractivity contribution in [2.45, 2.75) is 62.7 Å². The zero-order valence-electron chi connectivity index (χ0n) is 32.0. The van der Waals surface area contributed by atoms with Crippen molar-refractivity contribution < 1.29 is 19.2 Å². The lowest BCUT2D eigenvalue weighted by Gasteiger charge is -2.37. The van der Waals surface area contributed by atoms with Gasteiger partial charge in [0, 0.05) is 48.7 Å². The summed E-state index contributed by atoms with van der Waals surface area (Å²) in [4.78, 5) is 62.4. The molecular formula is C46H48N6O4. The number of nitrogens with zero attached hydrogens (tertiary/aromatic N) is 4. The fourth-order valence-electron chi connectivity index (χ4n) is 8.82. The molecule has 4 atom stereocenters. The molecule has 286 valence electrons. The molecule has 4 aromatic carbocycles. The van der Waals surface area contributed by atoms with Crippen molar-refractivity contribution >= 4 is 35.0 Å². The first-order chi connectivity index (χ1) is 27.2. The van der Waals surface area contributed by atoms with Crippen LogP contribution >= 0.6 is 0 Å². The number of fused-ring (bicyclic) bond motifs is 2. The summed E-state index contributed by atoms with van der Waals surface area (Å²) in [5.74, 6) is 5.97. The number of anilines is 2. The first-order valence-corrected chi connectivity index (χ1v) is 19.8. The quantitative estimate of drug-likeness (QED) is 0.256. The van der Waals surface area contributed by atoms with Gasteiger partial charge < -0.3 is 20.4 Å². The highest BCUT2D eigenvalue weighted by Gasteiger charge is 2.42. The fraction of sp³-hybridized carbons (Fsp3) is 0.348. The van der Waals surface area contributed by atoms with Crippen LogP contribution in [0.1, 0.15) is 71.1 Å². The minimum atomic E-state index is -0.515. The molecule has 2 unspecified atom stereocenters. The van der Waals surface area contributed by atoms with Crippen molar-refractivity contribution in [1.29, 1.82) is 0 Å². The molecular weight excluding hydrogens is 701 g/mol. The maximum atomic E-state index is 13.9. The van der Waals surface area contributed by atoms with Crippen LogP contribution in [0.25, 0.3) is 0 Å². The van der Waals surface area contributed by atoms with Gasteiger partial charge in [-0.2, -0.15) is 0 Å². The van der Waals surface area contributed by atoms with E-state index in [0.717, 1.165) is 61.0 Å². The van der Waals surface area contributed by atoms with Gasteiger partial charge in [-0.05, 0) is 123 Å². The number of amides is 4. The van der Waals surface area contributed by atoms with E-state index in [9.17, 15) is 19.2 Å². The summed E-state index contributed by atoms with van der Waals surface area (Å²) >= 11 is 0. The monoisotopic (exact) mass is 748 g/mol. The third-order valence-electron chi connectivity index (χ3n) is 11.8. The zero-order chi connectivity index (χ0) is 38.8. The molecule has 10 nitrogen and oxygen atoms in total. The molecule has 2 fully saturated rings. The van der Waals surface area contributed by atoms with Crippen LogP contribution in [-0.2, 0) is 32.0 Å². The molecule has 0 aliphatic carbocycles. The molecule has 2 N–H and O–H groups in total. The fourth-order valence-corrected chi connectivity index (χ4v) is 8.82. The second kappa shape index (κ2) is 16.1. The van der Waals surface area contributed by atoms with Crippen molar-refractivity contribution in [3.8, 4) is 11.8 Å². The van der Waals surface area contributed by atoms with E-state index in [1.165, 1.54) is 11.1 Å². The minimum Gasteiger partial charge on any atom is -0.329 e. The molecule has 4 aliphatic rings. The number of hydrogen-bond acceptors (Lipinski definition) is 6. The summed E-state index contributed by atoms with van der Waals surface area (Å²) in [6, 6.07) is 29.2. The number of rotatable bonds is 6. The Morgan fingerprint density at radius 3 is 1.34 bits per heavy atom. The third kappa shape index (κ3) is 7.57. The third-order valence-corrected chi connectivity index (χ3v) is 11.8.